The number of ether oxygens (including phenoxy) is 1. The van der Waals surface area contributed by atoms with E-state index in [0.29, 0.717) is 32.2 Å². The van der Waals surface area contributed by atoms with Gasteiger partial charge in [0.1, 0.15) is 0 Å². The summed E-state index contributed by atoms with van der Waals surface area (Å²) >= 11 is 0. The van der Waals surface area contributed by atoms with E-state index in [-0.39, 0.29) is 11.9 Å². The summed E-state index contributed by atoms with van der Waals surface area (Å²) in [5, 5.41) is 3.35. The van der Waals surface area contributed by atoms with Crippen LogP contribution in [0.25, 0.3) is 0 Å². The molecule has 0 bridgehead atoms. The van der Waals surface area contributed by atoms with E-state index in [1.54, 1.807) is 0 Å². The summed E-state index contributed by atoms with van der Waals surface area (Å²) in [6, 6.07) is 0.527. The molecule has 0 atom stereocenters. The van der Waals surface area contributed by atoms with E-state index in [2.05, 4.69) is 10.1 Å². The summed E-state index contributed by atoms with van der Waals surface area (Å²) in [4.78, 5) is 27.2. The van der Waals surface area contributed by atoms with Crippen LogP contribution in [0.15, 0.2) is 0 Å². The molecule has 0 radical (unpaired) electrons. The quantitative estimate of drug-likeness (QED) is 0.710. The van der Waals surface area contributed by atoms with E-state index in [9.17, 15) is 9.59 Å². The van der Waals surface area contributed by atoms with Gasteiger partial charge in [0.25, 0.3) is 0 Å². The van der Waals surface area contributed by atoms with Crippen LogP contribution in [0, 0.1) is 0 Å². The first kappa shape index (κ1) is 15.3. The van der Waals surface area contributed by atoms with Gasteiger partial charge in [-0.3, -0.25) is 14.5 Å². The van der Waals surface area contributed by atoms with Crippen LogP contribution < -0.4 is 5.32 Å². The number of esters is 1. The molecule has 20 heavy (non-hydrogen) atoms. The molecule has 1 aliphatic carbocycles. The first-order chi connectivity index (χ1) is 9.69. The highest BCUT2D eigenvalue weighted by molar-refractivity contribution is 5.78. The second-order valence-corrected chi connectivity index (χ2v) is 5.60. The number of carbonyl (C=O) groups is 2. The fraction of sp³-hybridized carbons (Fsp3) is 0.857. The van der Waals surface area contributed by atoms with Crippen molar-refractivity contribution < 1.29 is 14.3 Å². The van der Waals surface area contributed by atoms with Gasteiger partial charge in [-0.15, -0.1) is 0 Å². The normalized spacial score (nSPS) is 21.1. The van der Waals surface area contributed by atoms with Gasteiger partial charge in [0.2, 0.25) is 5.91 Å². The molecule has 0 aromatic heterocycles. The van der Waals surface area contributed by atoms with Crippen molar-refractivity contribution in [3.05, 3.63) is 0 Å². The molecule has 0 aromatic carbocycles. The number of rotatable bonds is 5. The fourth-order valence-electron chi connectivity index (χ4n) is 2.88. The summed E-state index contributed by atoms with van der Waals surface area (Å²) in [5.74, 6) is -0.0395. The third-order valence-corrected chi connectivity index (χ3v) is 4.20. The monoisotopic (exact) mass is 283 g/mol. The first-order valence-corrected chi connectivity index (χ1v) is 7.49. The van der Waals surface area contributed by atoms with Gasteiger partial charge in [0.15, 0.2) is 0 Å². The predicted molar refractivity (Wildman–Crippen MR) is 75.3 cm³/mol. The van der Waals surface area contributed by atoms with Gasteiger partial charge in [0.05, 0.1) is 20.2 Å². The number of nitrogens with zero attached hydrogens (tertiary/aromatic N) is 2. The standard InChI is InChI=1S/C14H25N3O3/c1-20-14(19)11-16-6-8-17(9-7-16)13(18)10-15-12-4-2-3-5-12/h12,15H,2-11H2,1H3. The average Bonchev–Trinajstić information content (AvgIpc) is 2.98. The largest absolute Gasteiger partial charge is 0.468 e. The highest BCUT2D eigenvalue weighted by Gasteiger charge is 2.23. The lowest BCUT2D eigenvalue weighted by atomic mass is 10.2. The molecule has 6 heteroatoms. The number of piperazine rings is 1. The SMILES string of the molecule is COC(=O)CN1CCN(C(=O)CNC2CCCC2)CC1. The van der Waals surface area contributed by atoms with Gasteiger partial charge in [-0.05, 0) is 12.8 Å². The summed E-state index contributed by atoms with van der Waals surface area (Å²) in [7, 11) is 1.40. The highest BCUT2D eigenvalue weighted by Crippen LogP contribution is 2.17. The fourth-order valence-corrected chi connectivity index (χ4v) is 2.88. The Labute approximate surface area is 120 Å². The maximum absolute atomic E-state index is 12.1. The summed E-state index contributed by atoms with van der Waals surface area (Å²) < 4.78 is 4.65. The lowest BCUT2D eigenvalue weighted by molar-refractivity contribution is -0.142. The molecule has 0 spiro atoms. The maximum Gasteiger partial charge on any atom is 0.319 e. The van der Waals surface area contributed by atoms with Gasteiger partial charge in [-0.1, -0.05) is 12.8 Å². The Morgan fingerprint density at radius 3 is 2.40 bits per heavy atom. The van der Waals surface area contributed by atoms with Crippen molar-refractivity contribution in [2.45, 2.75) is 31.7 Å². The molecular formula is C14H25N3O3. The zero-order valence-electron chi connectivity index (χ0n) is 12.3. The zero-order valence-corrected chi connectivity index (χ0v) is 12.3. The van der Waals surface area contributed by atoms with Gasteiger partial charge in [-0.2, -0.15) is 0 Å². The van der Waals surface area contributed by atoms with E-state index < -0.39 is 0 Å². The van der Waals surface area contributed by atoms with Gasteiger partial charge in [0, 0.05) is 32.2 Å². The molecule has 114 valence electrons. The smallest absolute Gasteiger partial charge is 0.319 e. The Hall–Kier alpha value is -1.14. The number of methoxy groups -OCH3 is 1. The summed E-state index contributed by atoms with van der Waals surface area (Å²) in [6.45, 7) is 3.64. The van der Waals surface area contributed by atoms with Crippen molar-refractivity contribution in [1.82, 2.24) is 15.1 Å². The topological polar surface area (TPSA) is 61.9 Å². The van der Waals surface area contributed by atoms with Crippen LogP contribution in [0.2, 0.25) is 0 Å². The average molecular weight is 283 g/mol. The van der Waals surface area contributed by atoms with Crippen LogP contribution in [-0.4, -0.2) is 74.1 Å². The van der Waals surface area contributed by atoms with Crippen molar-refractivity contribution in [1.29, 1.82) is 0 Å². The van der Waals surface area contributed by atoms with Crippen LogP contribution in [-0.2, 0) is 14.3 Å². The van der Waals surface area contributed by atoms with Gasteiger partial charge < -0.3 is 15.0 Å². The lowest BCUT2D eigenvalue weighted by Gasteiger charge is -2.34. The molecular weight excluding hydrogens is 258 g/mol. The van der Waals surface area contributed by atoms with E-state index >= 15 is 0 Å². The van der Waals surface area contributed by atoms with Crippen molar-refractivity contribution in [3.8, 4) is 0 Å². The van der Waals surface area contributed by atoms with Gasteiger partial charge in [-0.25, -0.2) is 0 Å². The van der Waals surface area contributed by atoms with Crippen LogP contribution in [0.4, 0.5) is 0 Å². The van der Waals surface area contributed by atoms with Crippen molar-refractivity contribution in [2.75, 3.05) is 46.4 Å². The minimum absolute atomic E-state index is 0.176. The zero-order chi connectivity index (χ0) is 14.4. The van der Waals surface area contributed by atoms with E-state index in [0.717, 1.165) is 13.1 Å². The Balaban J connectivity index is 1.64. The Bertz CT molecular complexity index is 335. The van der Waals surface area contributed by atoms with E-state index in [4.69, 9.17) is 0 Å². The number of amides is 1. The first-order valence-electron chi connectivity index (χ1n) is 7.49. The van der Waals surface area contributed by atoms with Crippen molar-refractivity contribution in [2.24, 2.45) is 0 Å². The lowest BCUT2D eigenvalue weighted by Crippen LogP contribution is -2.52. The Morgan fingerprint density at radius 2 is 1.80 bits per heavy atom. The van der Waals surface area contributed by atoms with Crippen molar-refractivity contribution in [3.63, 3.8) is 0 Å². The molecule has 0 aromatic rings. The molecule has 0 unspecified atom stereocenters. The molecule has 1 saturated heterocycles. The molecule has 1 aliphatic heterocycles. The minimum atomic E-state index is -0.215. The molecule has 1 amide bonds. The second kappa shape index (κ2) is 7.59. The Morgan fingerprint density at radius 1 is 1.15 bits per heavy atom. The van der Waals surface area contributed by atoms with Crippen molar-refractivity contribution >= 4 is 11.9 Å². The van der Waals surface area contributed by atoms with E-state index in [1.807, 2.05) is 9.80 Å². The number of hydrogen-bond donors (Lipinski definition) is 1. The Kier molecular flexibility index (Phi) is 5.79. The molecule has 1 saturated carbocycles. The van der Waals surface area contributed by atoms with Crippen LogP contribution in [0.1, 0.15) is 25.7 Å². The summed E-state index contributed by atoms with van der Waals surface area (Å²) in [5.41, 5.74) is 0. The van der Waals surface area contributed by atoms with Crippen LogP contribution in [0.5, 0.6) is 0 Å². The number of carbonyl (C=O) groups excluding carboxylic acids is 2. The van der Waals surface area contributed by atoms with Crippen LogP contribution in [0.3, 0.4) is 0 Å². The molecule has 6 nitrogen and oxygen atoms in total. The molecule has 1 heterocycles. The second-order valence-electron chi connectivity index (χ2n) is 5.60. The number of hydrogen-bond acceptors (Lipinski definition) is 5. The molecule has 1 N–H and O–H groups in total. The van der Waals surface area contributed by atoms with Gasteiger partial charge >= 0.3 is 5.97 Å². The van der Waals surface area contributed by atoms with Crippen LogP contribution >= 0.6 is 0 Å². The molecule has 2 aliphatic rings. The minimum Gasteiger partial charge on any atom is -0.468 e. The molecule has 2 rings (SSSR count). The predicted octanol–water partition coefficient (Wildman–Crippen LogP) is -0.164. The van der Waals surface area contributed by atoms with E-state index in [1.165, 1.54) is 32.8 Å². The maximum atomic E-state index is 12.1. The molecule has 2 fully saturated rings. The third-order valence-electron chi connectivity index (χ3n) is 4.20. The summed E-state index contributed by atoms with van der Waals surface area (Å²) in [6.07, 6.45) is 4.94. The third kappa shape index (κ3) is 4.45. The number of nitrogens with one attached hydrogen (secondary N) is 1. The highest BCUT2D eigenvalue weighted by atomic mass is 16.5.